The van der Waals surface area contributed by atoms with Crippen molar-refractivity contribution in [3.8, 4) is 5.75 Å². The van der Waals surface area contributed by atoms with Gasteiger partial charge >= 0.3 is 0 Å². The summed E-state index contributed by atoms with van der Waals surface area (Å²) >= 11 is 1.29. The number of thioether (sulfide) groups is 1. The van der Waals surface area contributed by atoms with Crippen molar-refractivity contribution in [1.29, 1.82) is 0 Å². The molecule has 0 saturated heterocycles. The van der Waals surface area contributed by atoms with Crippen LogP contribution in [0, 0.1) is 17.6 Å². The first-order valence-corrected chi connectivity index (χ1v) is 5.93. The van der Waals surface area contributed by atoms with E-state index in [-0.39, 0.29) is 11.7 Å². The van der Waals surface area contributed by atoms with Crippen LogP contribution in [0.2, 0.25) is 0 Å². The topological polar surface area (TPSA) is 9.23 Å². The van der Waals surface area contributed by atoms with Crippen LogP contribution < -0.4 is 4.74 Å². The molecule has 0 atom stereocenters. The predicted molar refractivity (Wildman–Crippen MR) is 58.5 cm³/mol. The lowest BCUT2D eigenvalue weighted by molar-refractivity contribution is 0.246. The molecule has 0 aliphatic rings. The summed E-state index contributed by atoms with van der Waals surface area (Å²) in [4.78, 5) is 0.557. The van der Waals surface area contributed by atoms with Crippen molar-refractivity contribution in [1.82, 2.24) is 0 Å². The summed E-state index contributed by atoms with van der Waals surface area (Å²) in [5.74, 6) is -1.31. The lowest BCUT2D eigenvalue weighted by atomic mass is 10.2. The molecule has 0 radical (unpaired) electrons. The third-order valence-corrected chi connectivity index (χ3v) is 2.48. The second kappa shape index (κ2) is 5.35. The highest BCUT2D eigenvalue weighted by Crippen LogP contribution is 2.27. The Morgan fingerprint density at radius 2 is 1.80 bits per heavy atom. The lowest BCUT2D eigenvalue weighted by Crippen LogP contribution is -2.07. The third kappa shape index (κ3) is 3.38. The van der Waals surface area contributed by atoms with Gasteiger partial charge in [-0.25, -0.2) is 8.78 Å². The van der Waals surface area contributed by atoms with Gasteiger partial charge in [0.15, 0.2) is 17.4 Å². The standard InChI is InChI=1S/C11H14F2OS/c1-7(2)6-14-11-9(12)4-8(15-3)5-10(11)13/h4-5,7H,6H2,1-3H3. The van der Waals surface area contributed by atoms with Crippen molar-refractivity contribution in [2.45, 2.75) is 18.7 Å². The average Bonchev–Trinajstić information content (AvgIpc) is 2.15. The van der Waals surface area contributed by atoms with Gasteiger partial charge in [0.1, 0.15) is 0 Å². The molecule has 0 bridgehead atoms. The van der Waals surface area contributed by atoms with E-state index in [4.69, 9.17) is 4.74 Å². The summed E-state index contributed by atoms with van der Waals surface area (Å²) in [6, 6.07) is 2.56. The van der Waals surface area contributed by atoms with Crippen LogP contribution in [0.25, 0.3) is 0 Å². The Hall–Kier alpha value is -0.770. The van der Waals surface area contributed by atoms with E-state index in [0.29, 0.717) is 11.5 Å². The molecular weight excluding hydrogens is 218 g/mol. The van der Waals surface area contributed by atoms with Crippen molar-refractivity contribution in [3.05, 3.63) is 23.8 Å². The van der Waals surface area contributed by atoms with E-state index in [1.807, 2.05) is 13.8 Å². The van der Waals surface area contributed by atoms with E-state index in [1.54, 1.807) is 6.26 Å². The molecule has 0 N–H and O–H groups in total. The van der Waals surface area contributed by atoms with E-state index in [9.17, 15) is 8.78 Å². The summed E-state index contributed by atoms with van der Waals surface area (Å²) in [6.45, 7) is 4.16. The minimum absolute atomic E-state index is 0.240. The highest BCUT2D eigenvalue weighted by molar-refractivity contribution is 7.98. The molecule has 0 aromatic heterocycles. The lowest BCUT2D eigenvalue weighted by Gasteiger charge is -2.11. The first-order chi connectivity index (χ1) is 7.04. The Balaban J connectivity index is 2.88. The Morgan fingerprint density at radius 3 is 2.20 bits per heavy atom. The molecule has 84 valence electrons. The molecular formula is C11H14F2OS. The summed E-state index contributed by atoms with van der Waals surface area (Å²) in [6.07, 6.45) is 1.77. The molecule has 0 amide bonds. The zero-order valence-corrected chi connectivity index (χ0v) is 9.83. The van der Waals surface area contributed by atoms with E-state index in [2.05, 4.69) is 0 Å². The maximum Gasteiger partial charge on any atom is 0.190 e. The number of halogens is 2. The molecule has 0 fully saturated rings. The van der Waals surface area contributed by atoms with Gasteiger partial charge in [0.05, 0.1) is 6.61 Å². The van der Waals surface area contributed by atoms with Crippen molar-refractivity contribution in [3.63, 3.8) is 0 Å². The number of ether oxygens (including phenoxy) is 1. The van der Waals surface area contributed by atoms with Crippen LogP contribution in [-0.4, -0.2) is 12.9 Å². The normalized spacial score (nSPS) is 10.8. The van der Waals surface area contributed by atoms with Gasteiger partial charge < -0.3 is 4.74 Å². The zero-order valence-electron chi connectivity index (χ0n) is 9.01. The molecule has 1 aromatic carbocycles. The van der Waals surface area contributed by atoms with Crippen molar-refractivity contribution < 1.29 is 13.5 Å². The van der Waals surface area contributed by atoms with Gasteiger partial charge in [0.25, 0.3) is 0 Å². The predicted octanol–water partition coefficient (Wildman–Crippen LogP) is 3.72. The van der Waals surface area contributed by atoms with Gasteiger partial charge in [-0.1, -0.05) is 13.8 Å². The minimum Gasteiger partial charge on any atom is -0.487 e. The fourth-order valence-corrected chi connectivity index (χ4v) is 1.49. The minimum atomic E-state index is -0.639. The molecule has 0 unspecified atom stereocenters. The van der Waals surface area contributed by atoms with Crippen LogP contribution in [-0.2, 0) is 0 Å². The molecule has 0 saturated carbocycles. The zero-order chi connectivity index (χ0) is 11.4. The maximum atomic E-state index is 13.4. The van der Waals surface area contributed by atoms with E-state index in [0.717, 1.165) is 0 Å². The van der Waals surface area contributed by atoms with E-state index in [1.165, 1.54) is 23.9 Å². The summed E-state index contributed by atoms with van der Waals surface area (Å²) in [5.41, 5.74) is 0. The first kappa shape index (κ1) is 12.3. The summed E-state index contributed by atoms with van der Waals surface area (Å²) in [5, 5.41) is 0. The first-order valence-electron chi connectivity index (χ1n) is 4.70. The molecule has 1 nitrogen and oxygen atoms in total. The van der Waals surface area contributed by atoms with Gasteiger partial charge in [-0.05, 0) is 24.3 Å². The fraction of sp³-hybridized carbons (Fsp3) is 0.455. The Morgan fingerprint density at radius 1 is 1.27 bits per heavy atom. The Bertz CT molecular complexity index is 316. The second-order valence-electron chi connectivity index (χ2n) is 3.63. The van der Waals surface area contributed by atoms with Crippen molar-refractivity contribution in [2.75, 3.05) is 12.9 Å². The molecule has 0 spiro atoms. The largest absolute Gasteiger partial charge is 0.487 e. The maximum absolute atomic E-state index is 13.4. The van der Waals surface area contributed by atoms with Crippen LogP contribution >= 0.6 is 11.8 Å². The smallest absolute Gasteiger partial charge is 0.190 e. The van der Waals surface area contributed by atoms with Crippen LogP contribution in [0.5, 0.6) is 5.75 Å². The fourth-order valence-electron chi connectivity index (χ4n) is 1.04. The van der Waals surface area contributed by atoms with Gasteiger partial charge in [0, 0.05) is 4.90 Å². The highest BCUT2D eigenvalue weighted by Gasteiger charge is 2.12. The van der Waals surface area contributed by atoms with Crippen LogP contribution in [0.3, 0.4) is 0 Å². The number of hydrogen-bond acceptors (Lipinski definition) is 2. The molecule has 1 rings (SSSR count). The summed E-state index contributed by atoms with van der Waals surface area (Å²) in [7, 11) is 0. The molecule has 0 aliphatic heterocycles. The summed E-state index contributed by atoms with van der Waals surface area (Å²) < 4.78 is 31.8. The van der Waals surface area contributed by atoms with Gasteiger partial charge in [-0.3, -0.25) is 0 Å². The van der Waals surface area contributed by atoms with Crippen LogP contribution in [0.4, 0.5) is 8.78 Å². The van der Waals surface area contributed by atoms with E-state index < -0.39 is 11.6 Å². The van der Waals surface area contributed by atoms with Gasteiger partial charge in [-0.2, -0.15) is 0 Å². The SMILES string of the molecule is CSc1cc(F)c(OCC(C)C)c(F)c1. The number of rotatable bonds is 4. The third-order valence-electron chi connectivity index (χ3n) is 1.77. The number of hydrogen-bond donors (Lipinski definition) is 0. The van der Waals surface area contributed by atoms with E-state index >= 15 is 0 Å². The monoisotopic (exact) mass is 232 g/mol. The quantitative estimate of drug-likeness (QED) is 0.732. The van der Waals surface area contributed by atoms with Crippen molar-refractivity contribution in [2.24, 2.45) is 5.92 Å². The van der Waals surface area contributed by atoms with Gasteiger partial charge in [-0.15, -0.1) is 11.8 Å². The van der Waals surface area contributed by atoms with Crippen LogP contribution in [0.1, 0.15) is 13.8 Å². The van der Waals surface area contributed by atoms with Crippen molar-refractivity contribution >= 4 is 11.8 Å². The molecule has 0 heterocycles. The highest BCUT2D eigenvalue weighted by atomic mass is 32.2. The van der Waals surface area contributed by atoms with Gasteiger partial charge in [0.2, 0.25) is 0 Å². The average molecular weight is 232 g/mol. The molecule has 15 heavy (non-hydrogen) atoms. The second-order valence-corrected chi connectivity index (χ2v) is 4.50. The Labute approximate surface area is 92.8 Å². The molecule has 0 aliphatic carbocycles. The van der Waals surface area contributed by atoms with Crippen LogP contribution in [0.15, 0.2) is 17.0 Å². The Kier molecular flexibility index (Phi) is 4.39. The molecule has 1 aromatic rings. The molecule has 4 heteroatoms. The number of benzene rings is 1.